The van der Waals surface area contributed by atoms with E-state index in [1.54, 1.807) is 0 Å². The Balaban J connectivity index is 2.10. The average molecular weight is 205 g/mol. The zero-order chi connectivity index (χ0) is 10.9. The Bertz CT molecular complexity index is 268. The smallest absolute Gasteiger partial charge is 0.0406 e. The number of aryl methyl sites for hydroxylation is 2. The monoisotopic (exact) mass is 205 g/mol. The zero-order valence-electron chi connectivity index (χ0n) is 10.1. The van der Waals surface area contributed by atoms with Crippen molar-refractivity contribution in [3.05, 3.63) is 29.6 Å². The highest BCUT2D eigenvalue weighted by Gasteiger charge is 1.95. The molecule has 1 nitrogen and oxygen atoms in total. The highest BCUT2D eigenvalue weighted by molar-refractivity contribution is 5.09. The van der Waals surface area contributed by atoms with Crippen molar-refractivity contribution in [1.29, 1.82) is 0 Å². The summed E-state index contributed by atoms with van der Waals surface area (Å²) in [5.41, 5.74) is 2.39. The molecule has 1 heteroatoms. The minimum Gasteiger partial charge on any atom is -0.258 e. The molecule has 84 valence electrons. The lowest BCUT2D eigenvalue weighted by Crippen LogP contribution is -1.92. The molecule has 0 aliphatic rings. The SMILES string of the molecule is CCCCCCCCc1cccc(C)n1. The highest BCUT2D eigenvalue weighted by Crippen LogP contribution is 2.08. The van der Waals surface area contributed by atoms with Crippen LogP contribution in [0.2, 0.25) is 0 Å². The van der Waals surface area contributed by atoms with E-state index in [0.717, 1.165) is 12.1 Å². The standard InChI is InChI=1S/C14H23N/c1-3-4-5-6-7-8-11-14-12-9-10-13(2)15-14/h9-10,12H,3-8,11H2,1-2H3. The Labute approximate surface area is 93.9 Å². The first kappa shape index (κ1) is 12.2. The van der Waals surface area contributed by atoms with Crippen LogP contribution in [0.25, 0.3) is 0 Å². The van der Waals surface area contributed by atoms with Crippen molar-refractivity contribution in [2.75, 3.05) is 0 Å². The van der Waals surface area contributed by atoms with Gasteiger partial charge in [0.25, 0.3) is 0 Å². The molecule has 0 N–H and O–H groups in total. The van der Waals surface area contributed by atoms with Gasteiger partial charge in [0.15, 0.2) is 0 Å². The maximum absolute atomic E-state index is 4.51. The molecular formula is C14H23N. The van der Waals surface area contributed by atoms with Gasteiger partial charge in [0, 0.05) is 11.4 Å². The first-order valence-electron chi connectivity index (χ1n) is 6.25. The van der Waals surface area contributed by atoms with Crippen molar-refractivity contribution in [1.82, 2.24) is 4.98 Å². The molecule has 0 radical (unpaired) electrons. The second kappa shape index (κ2) is 7.44. The molecule has 1 aromatic rings. The lowest BCUT2D eigenvalue weighted by molar-refractivity contribution is 0.604. The number of pyridine rings is 1. The van der Waals surface area contributed by atoms with Crippen LogP contribution in [0.1, 0.15) is 56.8 Å². The summed E-state index contributed by atoms with van der Waals surface area (Å²) < 4.78 is 0. The van der Waals surface area contributed by atoms with Crippen molar-refractivity contribution in [3.63, 3.8) is 0 Å². The molecule has 0 fully saturated rings. The van der Waals surface area contributed by atoms with E-state index in [4.69, 9.17) is 0 Å². The van der Waals surface area contributed by atoms with Crippen molar-refractivity contribution >= 4 is 0 Å². The minimum absolute atomic E-state index is 1.14. The molecule has 0 aliphatic carbocycles. The summed E-state index contributed by atoms with van der Waals surface area (Å²) in [5.74, 6) is 0. The topological polar surface area (TPSA) is 12.9 Å². The molecule has 1 heterocycles. The largest absolute Gasteiger partial charge is 0.258 e. The molecule has 0 aliphatic heterocycles. The number of hydrogen-bond acceptors (Lipinski definition) is 1. The first-order valence-corrected chi connectivity index (χ1v) is 6.25. The summed E-state index contributed by atoms with van der Waals surface area (Å²) >= 11 is 0. The molecule has 15 heavy (non-hydrogen) atoms. The maximum atomic E-state index is 4.51. The number of aromatic nitrogens is 1. The third-order valence-electron chi connectivity index (χ3n) is 2.73. The predicted molar refractivity (Wildman–Crippen MR) is 66.1 cm³/mol. The van der Waals surface area contributed by atoms with Crippen LogP contribution in [0.4, 0.5) is 0 Å². The van der Waals surface area contributed by atoms with Gasteiger partial charge in [0.2, 0.25) is 0 Å². The number of rotatable bonds is 7. The average Bonchev–Trinajstić information content (AvgIpc) is 2.23. The molecule has 1 aromatic heterocycles. The molecule has 0 spiro atoms. The van der Waals surface area contributed by atoms with Crippen LogP contribution in [0.15, 0.2) is 18.2 Å². The van der Waals surface area contributed by atoms with E-state index < -0.39 is 0 Å². The Morgan fingerprint density at radius 2 is 1.73 bits per heavy atom. The molecule has 1 rings (SSSR count). The van der Waals surface area contributed by atoms with Gasteiger partial charge in [-0.05, 0) is 31.9 Å². The Morgan fingerprint density at radius 3 is 2.47 bits per heavy atom. The molecular weight excluding hydrogens is 182 g/mol. The van der Waals surface area contributed by atoms with Gasteiger partial charge in [-0.15, -0.1) is 0 Å². The van der Waals surface area contributed by atoms with Gasteiger partial charge in [-0.1, -0.05) is 45.1 Å². The lowest BCUT2D eigenvalue weighted by Gasteiger charge is -2.02. The zero-order valence-corrected chi connectivity index (χ0v) is 10.1. The lowest BCUT2D eigenvalue weighted by atomic mass is 10.1. The summed E-state index contributed by atoms with van der Waals surface area (Å²) in [5, 5.41) is 0. The van der Waals surface area contributed by atoms with Gasteiger partial charge in [-0.2, -0.15) is 0 Å². The van der Waals surface area contributed by atoms with Crippen LogP contribution in [0.5, 0.6) is 0 Å². The van der Waals surface area contributed by atoms with Crippen LogP contribution >= 0.6 is 0 Å². The molecule has 0 atom stereocenters. The molecule has 0 saturated heterocycles. The third-order valence-corrected chi connectivity index (χ3v) is 2.73. The van der Waals surface area contributed by atoms with E-state index in [-0.39, 0.29) is 0 Å². The van der Waals surface area contributed by atoms with E-state index in [1.807, 2.05) is 0 Å². The fourth-order valence-electron chi connectivity index (χ4n) is 1.83. The van der Waals surface area contributed by atoms with Crippen LogP contribution in [-0.2, 0) is 6.42 Å². The van der Waals surface area contributed by atoms with Crippen LogP contribution in [-0.4, -0.2) is 4.98 Å². The van der Waals surface area contributed by atoms with Crippen molar-refractivity contribution in [2.45, 2.75) is 58.8 Å². The fourth-order valence-corrected chi connectivity index (χ4v) is 1.83. The Kier molecular flexibility index (Phi) is 6.06. The molecule has 0 aromatic carbocycles. The van der Waals surface area contributed by atoms with Crippen LogP contribution in [0.3, 0.4) is 0 Å². The van der Waals surface area contributed by atoms with Gasteiger partial charge in [0.05, 0.1) is 0 Å². The van der Waals surface area contributed by atoms with Gasteiger partial charge in [-0.3, -0.25) is 4.98 Å². The number of unbranched alkanes of at least 4 members (excludes halogenated alkanes) is 5. The van der Waals surface area contributed by atoms with Crippen LogP contribution < -0.4 is 0 Å². The minimum atomic E-state index is 1.14. The summed E-state index contributed by atoms with van der Waals surface area (Å²) in [4.78, 5) is 4.51. The Morgan fingerprint density at radius 1 is 1.00 bits per heavy atom. The second-order valence-electron chi connectivity index (χ2n) is 4.29. The highest BCUT2D eigenvalue weighted by atomic mass is 14.7. The van der Waals surface area contributed by atoms with E-state index in [2.05, 4.69) is 37.0 Å². The maximum Gasteiger partial charge on any atom is 0.0406 e. The van der Waals surface area contributed by atoms with Gasteiger partial charge < -0.3 is 0 Å². The van der Waals surface area contributed by atoms with Crippen molar-refractivity contribution in [3.8, 4) is 0 Å². The quantitative estimate of drug-likeness (QED) is 0.605. The normalized spacial score (nSPS) is 10.5. The van der Waals surface area contributed by atoms with Gasteiger partial charge >= 0.3 is 0 Å². The summed E-state index contributed by atoms with van der Waals surface area (Å²) in [7, 11) is 0. The van der Waals surface area contributed by atoms with E-state index in [9.17, 15) is 0 Å². The van der Waals surface area contributed by atoms with Gasteiger partial charge in [0.1, 0.15) is 0 Å². The van der Waals surface area contributed by atoms with Gasteiger partial charge in [-0.25, -0.2) is 0 Å². The van der Waals surface area contributed by atoms with E-state index in [1.165, 1.54) is 44.2 Å². The predicted octanol–water partition coefficient (Wildman–Crippen LogP) is 4.29. The van der Waals surface area contributed by atoms with Crippen LogP contribution in [0, 0.1) is 6.92 Å². The molecule has 0 saturated carbocycles. The summed E-state index contributed by atoms with van der Waals surface area (Å²) in [6.45, 7) is 4.32. The second-order valence-corrected chi connectivity index (χ2v) is 4.29. The Hall–Kier alpha value is -0.850. The third kappa shape index (κ3) is 5.56. The molecule has 0 amide bonds. The molecule has 0 bridgehead atoms. The van der Waals surface area contributed by atoms with E-state index >= 15 is 0 Å². The van der Waals surface area contributed by atoms with Crippen molar-refractivity contribution in [2.24, 2.45) is 0 Å². The summed E-state index contributed by atoms with van der Waals surface area (Å²) in [6.07, 6.45) is 9.31. The first-order chi connectivity index (χ1) is 7.33. The number of nitrogens with zero attached hydrogens (tertiary/aromatic N) is 1. The number of hydrogen-bond donors (Lipinski definition) is 0. The fraction of sp³-hybridized carbons (Fsp3) is 0.643. The summed E-state index contributed by atoms with van der Waals surface area (Å²) in [6, 6.07) is 6.30. The van der Waals surface area contributed by atoms with E-state index in [0.29, 0.717) is 0 Å². The molecule has 0 unspecified atom stereocenters. The van der Waals surface area contributed by atoms with Crippen molar-refractivity contribution < 1.29 is 0 Å².